The molecule has 1 atom stereocenters. The zero-order valence-electron chi connectivity index (χ0n) is 22.6. The van der Waals surface area contributed by atoms with E-state index in [-0.39, 0.29) is 16.5 Å². The molecule has 0 aromatic heterocycles. The Labute approximate surface area is 240 Å². The van der Waals surface area contributed by atoms with Gasteiger partial charge in [0.2, 0.25) is 10.0 Å². The molecule has 0 saturated carbocycles. The first-order valence-electron chi connectivity index (χ1n) is 13.1. The molecule has 0 saturated heterocycles. The lowest BCUT2D eigenvalue weighted by Crippen LogP contribution is -2.41. The highest BCUT2D eigenvalue weighted by atomic mass is 35.5. The van der Waals surface area contributed by atoms with Gasteiger partial charge in [0.05, 0.1) is 16.3 Å². The summed E-state index contributed by atoms with van der Waals surface area (Å²) in [5.41, 5.74) is 3.80. The highest BCUT2D eigenvalue weighted by molar-refractivity contribution is 7.89. The molecule has 206 valence electrons. The Bertz CT molecular complexity index is 1660. The Kier molecular flexibility index (Phi) is 7.73. The van der Waals surface area contributed by atoms with Crippen LogP contribution in [-0.2, 0) is 10.0 Å². The third-order valence-corrected chi connectivity index (χ3v) is 9.61. The highest BCUT2D eigenvalue weighted by Crippen LogP contribution is 2.43. The van der Waals surface area contributed by atoms with Gasteiger partial charge in [0, 0.05) is 30.9 Å². The van der Waals surface area contributed by atoms with Crippen molar-refractivity contribution >= 4 is 39.0 Å². The molecular formula is C32H31ClN2O4S. The predicted molar refractivity (Wildman–Crippen MR) is 161 cm³/mol. The van der Waals surface area contributed by atoms with Crippen molar-refractivity contribution in [2.75, 3.05) is 18.5 Å². The number of likely N-dealkylation sites (N-methyl/N-ethyl adjacent to an activating group) is 1. The molecule has 1 N–H and O–H groups in total. The summed E-state index contributed by atoms with van der Waals surface area (Å²) in [5, 5.41) is 10.4. The summed E-state index contributed by atoms with van der Waals surface area (Å²) in [4.78, 5) is 14.4. The quantitative estimate of drug-likeness (QED) is 0.257. The molecule has 5 rings (SSSR count). The predicted octanol–water partition coefficient (Wildman–Crippen LogP) is 7.56. The van der Waals surface area contributed by atoms with E-state index in [0.717, 1.165) is 11.3 Å². The number of aromatic carboxylic acids is 1. The number of hydrogen-bond acceptors (Lipinski definition) is 4. The molecule has 4 aromatic carbocycles. The van der Waals surface area contributed by atoms with Crippen molar-refractivity contribution in [2.24, 2.45) is 5.92 Å². The van der Waals surface area contributed by atoms with E-state index in [4.69, 9.17) is 11.6 Å². The number of carbonyl (C=O) groups is 1. The van der Waals surface area contributed by atoms with Gasteiger partial charge in [-0.15, -0.1) is 0 Å². The largest absolute Gasteiger partial charge is 0.478 e. The lowest BCUT2D eigenvalue weighted by atomic mass is 9.94. The number of carboxylic acids is 1. The Morgan fingerprint density at radius 3 is 2.20 bits per heavy atom. The number of nitrogens with zero attached hydrogens (tertiary/aromatic N) is 2. The summed E-state index contributed by atoms with van der Waals surface area (Å²) in [5.74, 6) is -0.788. The molecule has 0 spiro atoms. The molecule has 1 aliphatic rings. The van der Waals surface area contributed by atoms with Gasteiger partial charge in [-0.3, -0.25) is 0 Å². The second-order valence-electron chi connectivity index (χ2n) is 10.5. The molecule has 6 nitrogen and oxygen atoms in total. The summed E-state index contributed by atoms with van der Waals surface area (Å²) in [6.07, 6.45) is 0.691. The normalized spacial score (nSPS) is 16.9. The fourth-order valence-electron chi connectivity index (χ4n) is 5.33. The maximum absolute atomic E-state index is 14.1. The van der Waals surface area contributed by atoms with Gasteiger partial charge >= 0.3 is 5.97 Å². The van der Waals surface area contributed by atoms with Crippen LogP contribution < -0.4 is 4.90 Å². The van der Waals surface area contributed by atoms with Gasteiger partial charge in [0.15, 0.2) is 0 Å². The number of rotatable bonds is 6. The van der Waals surface area contributed by atoms with E-state index in [1.165, 1.54) is 4.31 Å². The Balaban J connectivity index is 1.70. The number of hydrogen-bond donors (Lipinski definition) is 1. The zero-order valence-corrected chi connectivity index (χ0v) is 24.2. The van der Waals surface area contributed by atoms with E-state index < -0.39 is 16.0 Å². The Hall–Kier alpha value is -3.65. The van der Waals surface area contributed by atoms with Crippen molar-refractivity contribution in [3.05, 3.63) is 102 Å². The number of halogens is 1. The van der Waals surface area contributed by atoms with Gasteiger partial charge in [-0.05, 0) is 59.4 Å². The third-order valence-electron chi connectivity index (χ3n) is 7.36. The molecule has 0 aliphatic carbocycles. The molecule has 0 unspecified atom stereocenters. The van der Waals surface area contributed by atoms with Gasteiger partial charge in [-0.1, -0.05) is 86.1 Å². The summed E-state index contributed by atoms with van der Waals surface area (Å²) in [7, 11) is -2.27. The van der Waals surface area contributed by atoms with Crippen molar-refractivity contribution < 1.29 is 18.3 Å². The number of benzene rings is 4. The van der Waals surface area contributed by atoms with Gasteiger partial charge in [0.1, 0.15) is 4.90 Å². The molecule has 0 radical (unpaired) electrons. The van der Waals surface area contributed by atoms with Gasteiger partial charge in [0.25, 0.3) is 0 Å². The SMILES string of the molecule is CC(C)C[C@@H]1CN(c2ccccc2)c2cc(Cl)c(-c3ccc(-c4ccccc4)c(C(=O)O)c3)cc2S(=O)(=O)N1C. The first-order chi connectivity index (χ1) is 19.1. The van der Waals surface area contributed by atoms with Crippen molar-refractivity contribution in [3.8, 4) is 22.3 Å². The monoisotopic (exact) mass is 574 g/mol. The van der Waals surface area contributed by atoms with Crippen LogP contribution in [0.4, 0.5) is 11.4 Å². The lowest BCUT2D eigenvalue weighted by molar-refractivity contribution is 0.0697. The van der Waals surface area contributed by atoms with E-state index in [1.807, 2.05) is 65.6 Å². The summed E-state index contributed by atoms with van der Waals surface area (Å²) < 4.78 is 29.6. The van der Waals surface area contributed by atoms with E-state index >= 15 is 0 Å². The van der Waals surface area contributed by atoms with Crippen LogP contribution in [0.25, 0.3) is 22.3 Å². The molecule has 0 bridgehead atoms. The fraction of sp³-hybridized carbons (Fsp3) is 0.219. The van der Waals surface area contributed by atoms with E-state index in [2.05, 4.69) is 13.8 Å². The van der Waals surface area contributed by atoms with E-state index in [1.54, 1.807) is 37.4 Å². The van der Waals surface area contributed by atoms with Crippen LogP contribution in [0.15, 0.2) is 95.9 Å². The molecular weight excluding hydrogens is 544 g/mol. The second kappa shape index (κ2) is 11.1. The van der Waals surface area contributed by atoms with Crippen LogP contribution >= 0.6 is 11.6 Å². The first-order valence-corrected chi connectivity index (χ1v) is 15.0. The molecule has 1 aliphatic heterocycles. The smallest absolute Gasteiger partial charge is 0.336 e. The first kappa shape index (κ1) is 27.9. The minimum Gasteiger partial charge on any atom is -0.478 e. The lowest BCUT2D eigenvalue weighted by Gasteiger charge is -2.30. The molecule has 1 heterocycles. The number of sulfonamides is 1. The second-order valence-corrected chi connectivity index (χ2v) is 12.9. The Morgan fingerprint density at radius 2 is 1.57 bits per heavy atom. The van der Waals surface area contributed by atoms with Crippen molar-refractivity contribution in [3.63, 3.8) is 0 Å². The third kappa shape index (κ3) is 5.24. The summed E-state index contributed by atoms with van der Waals surface area (Å²) >= 11 is 6.86. The van der Waals surface area contributed by atoms with Crippen LogP contribution in [0, 0.1) is 5.92 Å². The topological polar surface area (TPSA) is 77.9 Å². The molecule has 8 heteroatoms. The van der Waals surface area contributed by atoms with Crippen molar-refractivity contribution in [2.45, 2.75) is 31.2 Å². The van der Waals surface area contributed by atoms with E-state index in [0.29, 0.717) is 46.3 Å². The number of anilines is 2. The van der Waals surface area contributed by atoms with E-state index in [9.17, 15) is 18.3 Å². The number of para-hydroxylation sites is 1. The fourth-order valence-corrected chi connectivity index (χ4v) is 7.16. The average molecular weight is 575 g/mol. The van der Waals surface area contributed by atoms with Crippen molar-refractivity contribution in [1.29, 1.82) is 0 Å². The molecule has 4 aromatic rings. The van der Waals surface area contributed by atoms with Gasteiger partial charge in [-0.2, -0.15) is 4.31 Å². The van der Waals surface area contributed by atoms with Crippen molar-refractivity contribution in [1.82, 2.24) is 4.31 Å². The zero-order chi connectivity index (χ0) is 28.6. The van der Waals surface area contributed by atoms with Gasteiger partial charge in [-0.25, -0.2) is 13.2 Å². The average Bonchev–Trinajstić information content (AvgIpc) is 3.01. The van der Waals surface area contributed by atoms with Crippen LogP contribution in [0.5, 0.6) is 0 Å². The number of fused-ring (bicyclic) bond motifs is 1. The standard InChI is InChI=1S/C32H31ClN2O4S/c1-21(2)16-25-20-35(24-12-8-5-9-13-24)30-19-29(33)27(18-31(30)40(38,39)34(25)3)23-14-15-26(28(17-23)32(36)37)22-10-6-4-7-11-22/h4-15,17-19,21,25H,16,20H2,1-3H3,(H,36,37)/t25-/m1/s1. The molecule has 0 fully saturated rings. The number of carboxylic acid groups (broad SMARTS) is 1. The molecule has 40 heavy (non-hydrogen) atoms. The minimum absolute atomic E-state index is 0.109. The Morgan fingerprint density at radius 1 is 0.925 bits per heavy atom. The van der Waals surface area contributed by atoms with Crippen LogP contribution in [0.3, 0.4) is 0 Å². The molecule has 0 amide bonds. The highest BCUT2D eigenvalue weighted by Gasteiger charge is 2.38. The summed E-state index contributed by atoms with van der Waals surface area (Å²) in [6, 6.07) is 27.1. The van der Waals surface area contributed by atoms with Crippen LogP contribution in [0.1, 0.15) is 30.6 Å². The van der Waals surface area contributed by atoms with Crippen LogP contribution in [-0.4, -0.2) is 43.4 Å². The van der Waals surface area contributed by atoms with Crippen LogP contribution in [0.2, 0.25) is 5.02 Å². The van der Waals surface area contributed by atoms with Gasteiger partial charge < -0.3 is 10.0 Å². The maximum Gasteiger partial charge on any atom is 0.336 e. The maximum atomic E-state index is 14.1. The minimum atomic E-state index is -3.90. The summed E-state index contributed by atoms with van der Waals surface area (Å²) in [6.45, 7) is 4.63.